The molecule has 82 valence electrons. The van der Waals surface area contributed by atoms with Crippen LogP contribution in [0.15, 0.2) is 12.1 Å². The zero-order valence-corrected chi connectivity index (χ0v) is 11.8. The molecule has 0 saturated carbocycles. The van der Waals surface area contributed by atoms with Gasteiger partial charge in [-0.25, -0.2) is 4.39 Å². The molecule has 0 atom stereocenters. The fourth-order valence-corrected chi connectivity index (χ4v) is 1.11. The van der Waals surface area contributed by atoms with Crippen LogP contribution >= 0.6 is 0 Å². The minimum Gasteiger partial charge on any atom is -0.500 e. The van der Waals surface area contributed by atoms with Gasteiger partial charge in [0.05, 0.1) is 12.9 Å². The Bertz CT molecular complexity index is 394. The van der Waals surface area contributed by atoms with Crippen LogP contribution in [0.2, 0.25) is 0 Å². The molecule has 16 heavy (non-hydrogen) atoms. The van der Waals surface area contributed by atoms with Crippen molar-refractivity contribution < 1.29 is 78.3 Å². The number of hydrogen-bond donors (Lipinski definition) is 0. The molecule has 0 fully saturated rings. The van der Waals surface area contributed by atoms with Crippen LogP contribution in [0.25, 0.3) is 0 Å². The van der Waals surface area contributed by atoms with Crippen LogP contribution in [0, 0.1) is 5.82 Å². The second-order valence-electron chi connectivity index (χ2n) is 2.81. The van der Waals surface area contributed by atoms with Gasteiger partial charge in [-0.2, -0.15) is 0 Å². The van der Waals surface area contributed by atoms with Gasteiger partial charge in [0, 0.05) is 11.6 Å². The first-order chi connectivity index (χ1) is 6.90. The largest absolute Gasteiger partial charge is 1.00 e. The minimum atomic E-state index is -5.33. The molecule has 8 heteroatoms. The van der Waals surface area contributed by atoms with E-state index in [0.717, 1.165) is 7.11 Å². The molecule has 0 saturated heterocycles. The first-order valence-corrected chi connectivity index (χ1v) is 3.92. The van der Waals surface area contributed by atoms with Gasteiger partial charge in [0.25, 0.3) is 0 Å². The summed E-state index contributed by atoms with van der Waals surface area (Å²) < 4.78 is 54.6. The predicted molar refractivity (Wildman–Crippen MR) is 47.1 cm³/mol. The van der Waals surface area contributed by atoms with Gasteiger partial charge in [-0.15, -0.1) is 0 Å². The average Bonchev–Trinajstić information content (AvgIpc) is 2.15. The van der Waals surface area contributed by atoms with E-state index in [1.54, 1.807) is 0 Å². The zero-order chi connectivity index (χ0) is 11.6. The molecule has 0 amide bonds. The smallest absolute Gasteiger partial charge is 0.500 e. The SMILES string of the molecule is COc1cc(F)c(C=O)cc1[B-](F)(F)F.[K+]. The van der Waals surface area contributed by atoms with Gasteiger partial charge in [-0.05, 0) is 0 Å². The van der Waals surface area contributed by atoms with Crippen LogP contribution < -0.4 is 61.6 Å². The number of carbonyl (C=O) groups excluding carboxylic acids is 1. The summed E-state index contributed by atoms with van der Waals surface area (Å²) in [4.78, 5) is 10.3. The van der Waals surface area contributed by atoms with Gasteiger partial charge < -0.3 is 17.7 Å². The molecule has 0 aromatic heterocycles. The van der Waals surface area contributed by atoms with Crippen molar-refractivity contribution in [1.29, 1.82) is 0 Å². The van der Waals surface area contributed by atoms with E-state index in [-0.39, 0.29) is 57.7 Å². The molecule has 2 nitrogen and oxygen atoms in total. The third-order valence-corrected chi connectivity index (χ3v) is 1.83. The van der Waals surface area contributed by atoms with E-state index in [4.69, 9.17) is 0 Å². The molecule has 1 rings (SSSR count). The van der Waals surface area contributed by atoms with E-state index >= 15 is 0 Å². The van der Waals surface area contributed by atoms with Crippen LogP contribution in [0.5, 0.6) is 5.75 Å². The molecule has 0 aliphatic rings. The van der Waals surface area contributed by atoms with Crippen LogP contribution in [0.3, 0.4) is 0 Å². The number of hydrogen-bond acceptors (Lipinski definition) is 2. The Labute approximate surface area is 132 Å². The molecule has 0 aliphatic heterocycles. The summed E-state index contributed by atoms with van der Waals surface area (Å²) in [5.74, 6) is -1.66. The van der Waals surface area contributed by atoms with Crippen molar-refractivity contribution in [3.63, 3.8) is 0 Å². The molecular weight excluding hydrogens is 254 g/mol. The van der Waals surface area contributed by atoms with Gasteiger partial charge in [-0.1, -0.05) is 11.5 Å². The Morgan fingerprint density at radius 3 is 2.25 bits per heavy atom. The van der Waals surface area contributed by atoms with Crippen molar-refractivity contribution in [2.75, 3.05) is 7.11 Å². The summed E-state index contributed by atoms with van der Waals surface area (Å²) in [5.41, 5.74) is -1.74. The maximum Gasteiger partial charge on any atom is 1.00 e. The minimum absolute atomic E-state index is 0. The summed E-state index contributed by atoms with van der Waals surface area (Å²) in [6.45, 7) is -5.33. The van der Waals surface area contributed by atoms with Crippen molar-refractivity contribution in [3.8, 4) is 5.75 Å². The summed E-state index contributed by atoms with van der Waals surface area (Å²) in [6, 6.07) is 0.996. The fourth-order valence-electron chi connectivity index (χ4n) is 1.11. The first-order valence-electron chi connectivity index (χ1n) is 3.92. The summed E-state index contributed by atoms with van der Waals surface area (Å²) in [6.07, 6.45) is 0.0279. The first kappa shape index (κ1) is 16.1. The van der Waals surface area contributed by atoms with Gasteiger partial charge in [0.2, 0.25) is 0 Å². The molecule has 0 aliphatic carbocycles. The maximum atomic E-state index is 12.9. The number of benzene rings is 1. The second kappa shape index (κ2) is 6.15. The van der Waals surface area contributed by atoms with Gasteiger partial charge in [-0.3, -0.25) is 4.79 Å². The Morgan fingerprint density at radius 1 is 1.31 bits per heavy atom. The summed E-state index contributed by atoms with van der Waals surface area (Å²) in [7, 11) is 1.00. The standard InChI is InChI=1S/C8H6BF4O2.K/c1-15-8-3-7(10)5(4-14)2-6(8)9(11,12)13;/h2-4H,1H3;/q-1;+1. The Balaban J connectivity index is 0.00000225. The number of methoxy groups -OCH3 is 1. The molecule has 0 radical (unpaired) electrons. The molecule has 0 bridgehead atoms. The molecule has 0 unspecified atom stereocenters. The molecule has 1 aromatic rings. The van der Waals surface area contributed by atoms with Gasteiger partial charge >= 0.3 is 58.4 Å². The Morgan fingerprint density at radius 2 is 1.88 bits per heavy atom. The van der Waals surface area contributed by atoms with Crippen LogP contribution in [-0.4, -0.2) is 20.4 Å². The third kappa shape index (κ3) is 3.56. The predicted octanol–water partition coefficient (Wildman–Crippen LogP) is -1.29. The molecule has 0 N–H and O–H groups in total. The van der Waals surface area contributed by atoms with Crippen molar-refractivity contribution in [1.82, 2.24) is 0 Å². The van der Waals surface area contributed by atoms with E-state index < -0.39 is 29.6 Å². The topological polar surface area (TPSA) is 26.3 Å². The van der Waals surface area contributed by atoms with Gasteiger partial charge in [0.15, 0.2) is 6.29 Å². The van der Waals surface area contributed by atoms with Crippen molar-refractivity contribution >= 4 is 18.7 Å². The van der Waals surface area contributed by atoms with E-state index in [1.807, 2.05) is 0 Å². The van der Waals surface area contributed by atoms with Crippen molar-refractivity contribution in [2.45, 2.75) is 0 Å². The number of aldehydes is 1. The molecule has 0 heterocycles. The molecule has 1 aromatic carbocycles. The van der Waals surface area contributed by atoms with E-state index in [1.165, 1.54) is 0 Å². The third-order valence-electron chi connectivity index (χ3n) is 1.83. The van der Waals surface area contributed by atoms with Crippen molar-refractivity contribution in [3.05, 3.63) is 23.5 Å². The van der Waals surface area contributed by atoms with E-state index in [0.29, 0.717) is 12.1 Å². The summed E-state index contributed by atoms with van der Waals surface area (Å²) in [5, 5.41) is 0. The normalized spacial score (nSPS) is 10.6. The second-order valence-corrected chi connectivity index (χ2v) is 2.81. The van der Waals surface area contributed by atoms with E-state index in [2.05, 4.69) is 4.74 Å². The Hall–Kier alpha value is 0.111. The van der Waals surface area contributed by atoms with Crippen LogP contribution in [0.1, 0.15) is 10.4 Å². The number of ether oxygens (including phenoxy) is 1. The quantitative estimate of drug-likeness (QED) is 0.384. The monoisotopic (exact) mass is 260 g/mol. The van der Waals surface area contributed by atoms with Crippen LogP contribution in [-0.2, 0) is 0 Å². The molecular formula is C8H6BF4KO2. The zero-order valence-electron chi connectivity index (χ0n) is 8.64. The fraction of sp³-hybridized carbons (Fsp3) is 0.125. The van der Waals surface area contributed by atoms with E-state index in [9.17, 15) is 22.1 Å². The summed E-state index contributed by atoms with van der Waals surface area (Å²) >= 11 is 0. The van der Waals surface area contributed by atoms with Crippen LogP contribution in [0.4, 0.5) is 17.3 Å². The Kier molecular flexibility index (Phi) is 6.20. The molecule has 0 spiro atoms. The number of carbonyl (C=O) groups is 1. The number of rotatable bonds is 3. The van der Waals surface area contributed by atoms with Crippen molar-refractivity contribution in [2.24, 2.45) is 0 Å². The average molecular weight is 260 g/mol. The number of halogens is 4. The van der Waals surface area contributed by atoms with Gasteiger partial charge in [0.1, 0.15) is 5.82 Å². The maximum absolute atomic E-state index is 12.9.